The van der Waals surface area contributed by atoms with Gasteiger partial charge in [-0.1, -0.05) is 24.3 Å². The van der Waals surface area contributed by atoms with Gasteiger partial charge in [0.1, 0.15) is 11.4 Å². The summed E-state index contributed by atoms with van der Waals surface area (Å²) in [5.41, 5.74) is 4.13. The van der Waals surface area contributed by atoms with Gasteiger partial charge in [-0.05, 0) is 50.0 Å². The Morgan fingerprint density at radius 3 is 2.77 bits per heavy atom. The molecule has 1 saturated heterocycles. The third-order valence-electron chi connectivity index (χ3n) is 4.57. The van der Waals surface area contributed by atoms with E-state index in [2.05, 4.69) is 26.5 Å². The van der Waals surface area contributed by atoms with Crippen LogP contribution in [0.5, 0.6) is 5.75 Å². The molecule has 0 saturated carbocycles. The summed E-state index contributed by atoms with van der Waals surface area (Å²) in [5, 5.41) is 4.10. The number of piperidine rings is 1. The standard InChI is InChI=1S/C20H24N4O2/c1-26-19-8-3-2-6-17(19)15-24-12-9-16(10-13-24)14-22-23-20(25)18-7-4-5-11-21-18/h2-8,11,14,16H,9-10,12-13,15H2,1H3,(H,23,25). The lowest BCUT2D eigenvalue weighted by molar-refractivity contribution is 0.0949. The number of nitrogens with zero attached hydrogens (tertiary/aromatic N) is 3. The zero-order valence-corrected chi connectivity index (χ0v) is 15.0. The average molecular weight is 352 g/mol. The van der Waals surface area contributed by atoms with Gasteiger partial charge in [0.2, 0.25) is 0 Å². The number of pyridine rings is 1. The first kappa shape index (κ1) is 18.1. The Labute approximate surface area is 153 Å². The van der Waals surface area contributed by atoms with Crippen LogP contribution in [0.4, 0.5) is 0 Å². The van der Waals surface area contributed by atoms with Gasteiger partial charge in [-0.25, -0.2) is 5.43 Å². The summed E-state index contributed by atoms with van der Waals surface area (Å²) in [6.45, 7) is 2.90. The van der Waals surface area contributed by atoms with E-state index in [1.54, 1.807) is 31.5 Å². The fourth-order valence-corrected chi connectivity index (χ4v) is 3.09. The summed E-state index contributed by atoms with van der Waals surface area (Å²) in [6.07, 6.45) is 5.49. The Morgan fingerprint density at radius 2 is 2.04 bits per heavy atom. The number of methoxy groups -OCH3 is 1. The Bertz CT molecular complexity index is 740. The maximum atomic E-state index is 11.9. The number of ether oxygens (including phenoxy) is 1. The Morgan fingerprint density at radius 1 is 1.27 bits per heavy atom. The number of nitrogens with one attached hydrogen (secondary N) is 1. The summed E-state index contributed by atoms with van der Waals surface area (Å²) >= 11 is 0. The van der Waals surface area contributed by atoms with E-state index in [9.17, 15) is 4.79 Å². The van der Waals surface area contributed by atoms with Crippen molar-refractivity contribution in [3.8, 4) is 5.75 Å². The van der Waals surface area contributed by atoms with Crippen molar-refractivity contribution in [2.75, 3.05) is 20.2 Å². The van der Waals surface area contributed by atoms with Gasteiger partial charge in [0.05, 0.1) is 7.11 Å². The molecule has 2 aromatic rings. The topological polar surface area (TPSA) is 66.8 Å². The maximum absolute atomic E-state index is 11.9. The minimum atomic E-state index is -0.282. The number of carbonyl (C=O) groups is 1. The van der Waals surface area contributed by atoms with Gasteiger partial charge >= 0.3 is 0 Å². The lowest BCUT2D eigenvalue weighted by Crippen LogP contribution is -2.34. The molecule has 0 unspecified atom stereocenters. The summed E-state index contributed by atoms with van der Waals surface area (Å²) in [4.78, 5) is 18.3. The van der Waals surface area contributed by atoms with Gasteiger partial charge in [-0.3, -0.25) is 14.7 Å². The van der Waals surface area contributed by atoms with Crippen molar-refractivity contribution in [3.63, 3.8) is 0 Å². The Hall–Kier alpha value is -2.73. The minimum Gasteiger partial charge on any atom is -0.496 e. The van der Waals surface area contributed by atoms with Gasteiger partial charge in [0.25, 0.3) is 5.91 Å². The predicted molar refractivity (Wildman–Crippen MR) is 101 cm³/mol. The summed E-state index contributed by atoms with van der Waals surface area (Å²) in [7, 11) is 1.71. The van der Waals surface area contributed by atoms with Crippen LogP contribution in [0.3, 0.4) is 0 Å². The second kappa shape index (κ2) is 9.10. The number of rotatable bonds is 6. The van der Waals surface area contributed by atoms with E-state index < -0.39 is 0 Å². The largest absolute Gasteiger partial charge is 0.496 e. The number of amides is 1. The monoisotopic (exact) mass is 352 g/mol. The van der Waals surface area contributed by atoms with E-state index in [1.807, 2.05) is 24.4 Å². The van der Waals surface area contributed by atoms with Crippen LogP contribution in [-0.2, 0) is 6.54 Å². The first-order valence-electron chi connectivity index (χ1n) is 8.85. The van der Waals surface area contributed by atoms with Crippen LogP contribution in [0.25, 0.3) is 0 Å². The molecule has 1 amide bonds. The van der Waals surface area contributed by atoms with Crippen LogP contribution in [-0.4, -0.2) is 42.2 Å². The van der Waals surface area contributed by atoms with Gasteiger partial charge in [0.15, 0.2) is 0 Å². The van der Waals surface area contributed by atoms with Gasteiger partial charge < -0.3 is 4.74 Å². The molecule has 0 aliphatic carbocycles. The molecule has 1 aromatic heterocycles. The molecule has 6 heteroatoms. The summed E-state index contributed by atoms with van der Waals surface area (Å²) < 4.78 is 5.43. The first-order valence-corrected chi connectivity index (χ1v) is 8.85. The molecule has 1 aromatic carbocycles. The van der Waals surface area contributed by atoms with Crippen molar-refractivity contribution in [1.82, 2.24) is 15.3 Å². The molecule has 1 fully saturated rings. The zero-order chi connectivity index (χ0) is 18.2. The van der Waals surface area contributed by atoms with Crippen LogP contribution >= 0.6 is 0 Å². The molecular weight excluding hydrogens is 328 g/mol. The van der Waals surface area contributed by atoms with Crippen molar-refractivity contribution in [1.29, 1.82) is 0 Å². The number of benzene rings is 1. The van der Waals surface area contributed by atoms with E-state index in [1.165, 1.54) is 5.56 Å². The van der Waals surface area contributed by atoms with E-state index in [0.29, 0.717) is 11.6 Å². The molecule has 1 aliphatic rings. The number of hydrogen-bond acceptors (Lipinski definition) is 5. The Kier molecular flexibility index (Phi) is 6.33. The number of aromatic nitrogens is 1. The van der Waals surface area contributed by atoms with Gasteiger partial charge in [0, 0.05) is 24.5 Å². The number of carbonyl (C=O) groups excluding carboxylic acids is 1. The molecule has 2 heterocycles. The highest BCUT2D eigenvalue weighted by atomic mass is 16.5. The normalized spacial score (nSPS) is 15.9. The molecule has 6 nitrogen and oxygen atoms in total. The fourth-order valence-electron chi connectivity index (χ4n) is 3.09. The van der Waals surface area contributed by atoms with E-state index in [4.69, 9.17) is 4.74 Å². The number of para-hydroxylation sites is 1. The third-order valence-corrected chi connectivity index (χ3v) is 4.57. The molecule has 1 N–H and O–H groups in total. The van der Waals surface area contributed by atoms with E-state index in [0.717, 1.165) is 38.2 Å². The summed E-state index contributed by atoms with van der Waals surface area (Å²) in [5.74, 6) is 1.04. The molecule has 26 heavy (non-hydrogen) atoms. The molecule has 0 radical (unpaired) electrons. The Balaban J connectivity index is 1.44. The second-order valence-electron chi connectivity index (χ2n) is 6.36. The third kappa shape index (κ3) is 4.89. The SMILES string of the molecule is COc1ccccc1CN1CCC(C=NNC(=O)c2ccccn2)CC1. The molecule has 1 aliphatic heterocycles. The lowest BCUT2D eigenvalue weighted by Gasteiger charge is -2.30. The molecule has 0 spiro atoms. The van der Waals surface area contributed by atoms with E-state index in [-0.39, 0.29) is 5.91 Å². The second-order valence-corrected chi connectivity index (χ2v) is 6.36. The van der Waals surface area contributed by atoms with Gasteiger partial charge in [-0.15, -0.1) is 0 Å². The van der Waals surface area contributed by atoms with Crippen molar-refractivity contribution >= 4 is 12.1 Å². The number of hydrazone groups is 1. The average Bonchev–Trinajstić information content (AvgIpc) is 2.70. The predicted octanol–water partition coefficient (Wildman–Crippen LogP) is 2.72. The quantitative estimate of drug-likeness (QED) is 0.641. The molecule has 0 atom stereocenters. The van der Waals surface area contributed by atoms with Crippen LogP contribution in [0.1, 0.15) is 28.9 Å². The van der Waals surface area contributed by atoms with Crippen LogP contribution in [0.15, 0.2) is 53.8 Å². The molecular formula is C20H24N4O2. The highest BCUT2D eigenvalue weighted by molar-refractivity contribution is 5.92. The van der Waals surface area contributed by atoms with Crippen molar-refractivity contribution in [2.45, 2.75) is 19.4 Å². The zero-order valence-electron chi connectivity index (χ0n) is 15.0. The fraction of sp³-hybridized carbons (Fsp3) is 0.350. The van der Waals surface area contributed by atoms with Crippen LogP contribution in [0, 0.1) is 5.92 Å². The minimum absolute atomic E-state index is 0.282. The number of likely N-dealkylation sites (tertiary alicyclic amines) is 1. The highest BCUT2D eigenvalue weighted by Crippen LogP contribution is 2.22. The lowest BCUT2D eigenvalue weighted by atomic mass is 9.98. The number of hydrogen-bond donors (Lipinski definition) is 1. The first-order chi connectivity index (χ1) is 12.8. The molecule has 0 bridgehead atoms. The molecule has 136 valence electrons. The molecule has 3 rings (SSSR count). The summed E-state index contributed by atoms with van der Waals surface area (Å²) in [6, 6.07) is 13.4. The van der Waals surface area contributed by atoms with Gasteiger partial charge in [-0.2, -0.15) is 5.10 Å². The van der Waals surface area contributed by atoms with Crippen molar-refractivity contribution < 1.29 is 9.53 Å². The van der Waals surface area contributed by atoms with E-state index >= 15 is 0 Å². The van der Waals surface area contributed by atoms with Crippen molar-refractivity contribution in [2.24, 2.45) is 11.0 Å². The van der Waals surface area contributed by atoms with Crippen LogP contribution in [0.2, 0.25) is 0 Å². The van der Waals surface area contributed by atoms with Crippen LogP contribution < -0.4 is 10.2 Å². The van der Waals surface area contributed by atoms with Crippen molar-refractivity contribution in [3.05, 3.63) is 59.9 Å². The smallest absolute Gasteiger partial charge is 0.289 e. The highest BCUT2D eigenvalue weighted by Gasteiger charge is 2.19. The maximum Gasteiger partial charge on any atom is 0.289 e.